The number of carbonyl (C=O) groups is 1. The average molecular weight is 550 g/mol. The van der Waals surface area contributed by atoms with Crippen LogP contribution in [0, 0.1) is 0 Å². The van der Waals surface area contributed by atoms with Crippen LogP contribution in [0.25, 0.3) is 0 Å². The maximum Gasteiger partial charge on any atom is 0.251 e. The summed E-state index contributed by atoms with van der Waals surface area (Å²) in [5.41, 5.74) is 4.55. The van der Waals surface area contributed by atoms with Crippen molar-refractivity contribution in [2.24, 2.45) is 0 Å². The van der Waals surface area contributed by atoms with E-state index in [-0.39, 0.29) is 23.8 Å². The highest BCUT2D eigenvalue weighted by Gasteiger charge is 2.32. The fourth-order valence-electron chi connectivity index (χ4n) is 4.91. The molecule has 1 aliphatic heterocycles. The van der Waals surface area contributed by atoms with Gasteiger partial charge in [0, 0.05) is 25.7 Å². The molecule has 0 saturated carbocycles. The van der Waals surface area contributed by atoms with E-state index in [4.69, 9.17) is 4.74 Å². The first-order chi connectivity index (χ1) is 18.8. The van der Waals surface area contributed by atoms with Crippen molar-refractivity contribution >= 4 is 21.6 Å². The van der Waals surface area contributed by atoms with Gasteiger partial charge in [0.05, 0.1) is 30.3 Å². The number of sulfonamides is 1. The lowest BCUT2D eigenvalue weighted by molar-refractivity contribution is 0.0599. The molecule has 0 aromatic heterocycles. The second-order valence-corrected chi connectivity index (χ2v) is 12.2. The van der Waals surface area contributed by atoms with Gasteiger partial charge in [0.15, 0.2) is 0 Å². The first-order valence-electron chi connectivity index (χ1n) is 13.6. The highest BCUT2D eigenvalue weighted by Crippen LogP contribution is 2.21. The molecule has 0 radical (unpaired) electrons. The summed E-state index contributed by atoms with van der Waals surface area (Å²) in [5, 5.41) is 3.20. The lowest BCUT2D eigenvalue weighted by atomic mass is 10.00. The number of anilines is 1. The molecule has 0 bridgehead atoms. The van der Waals surface area contributed by atoms with Crippen molar-refractivity contribution in [2.45, 2.75) is 51.8 Å². The van der Waals surface area contributed by atoms with Gasteiger partial charge in [-0.15, -0.1) is 0 Å². The molecule has 4 rings (SSSR count). The number of amides is 1. The van der Waals surface area contributed by atoms with Crippen LogP contribution >= 0.6 is 0 Å². The molecule has 1 fully saturated rings. The molecule has 0 spiro atoms. The van der Waals surface area contributed by atoms with Crippen molar-refractivity contribution in [3.8, 4) is 0 Å². The Hall–Kier alpha value is -3.20. The molecular formula is C31H39N3O4S. The molecular weight excluding hydrogens is 510 g/mol. The standard InChI is InChI=1S/C31H39N3O4S/c1-4-17-39(36,37)33(3)28-16-10-15-27(20-28)31(35)32-29(19-25-11-7-6-8-12-25)30-22-34(23-38-30)21-26-14-9-13-24(5-2)18-26/h6-16,18,20,29-30H,4-5,17,19,21-23H2,1-3H3,(H,32,35)/t29-,30?/m0/s1. The number of nitrogens with zero attached hydrogens (tertiary/aromatic N) is 2. The third-order valence-corrected chi connectivity index (χ3v) is 9.10. The number of rotatable bonds is 12. The van der Waals surface area contributed by atoms with E-state index in [1.807, 2.05) is 25.1 Å². The quantitative estimate of drug-likeness (QED) is 0.357. The van der Waals surface area contributed by atoms with E-state index in [0.29, 0.717) is 37.4 Å². The minimum absolute atomic E-state index is 0.0529. The molecule has 1 heterocycles. The first-order valence-corrected chi connectivity index (χ1v) is 15.2. The van der Waals surface area contributed by atoms with Crippen molar-refractivity contribution in [3.63, 3.8) is 0 Å². The smallest absolute Gasteiger partial charge is 0.251 e. The van der Waals surface area contributed by atoms with Gasteiger partial charge in [-0.1, -0.05) is 74.5 Å². The van der Waals surface area contributed by atoms with E-state index in [1.54, 1.807) is 24.3 Å². The Balaban J connectivity index is 1.49. The molecule has 1 aliphatic rings. The maximum absolute atomic E-state index is 13.4. The van der Waals surface area contributed by atoms with E-state index in [9.17, 15) is 13.2 Å². The lowest BCUT2D eigenvalue weighted by Crippen LogP contribution is -2.46. The van der Waals surface area contributed by atoms with Crippen LogP contribution < -0.4 is 9.62 Å². The van der Waals surface area contributed by atoms with E-state index < -0.39 is 10.0 Å². The number of benzene rings is 3. The summed E-state index contributed by atoms with van der Waals surface area (Å²) in [6, 6.07) is 25.2. The fraction of sp³-hybridized carbons (Fsp3) is 0.387. The fourth-order valence-corrected chi connectivity index (χ4v) is 6.14. The predicted molar refractivity (Wildman–Crippen MR) is 156 cm³/mol. The summed E-state index contributed by atoms with van der Waals surface area (Å²) in [5.74, 6) is -0.200. The summed E-state index contributed by atoms with van der Waals surface area (Å²) >= 11 is 0. The molecule has 1 N–H and O–H groups in total. The highest BCUT2D eigenvalue weighted by atomic mass is 32.2. The predicted octanol–water partition coefficient (Wildman–Crippen LogP) is 4.62. The van der Waals surface area contributed by atoms with Gasteiger partial charge in [-0.2, -0.15) is 0 Å². The van der Waals surface area contributed by atoms with Gasteiger partial charge in [0.1, 0.15) is 0 Å². The molecule has 2 atom stereocenters. The van der Waals surface area contributed by atoms with Crippen LogP contribution in [0.4, 0.5) is 5.69 Å². The van der Waals surface area contributed by atoms with Crippen LogP contribution in [0.3, 0.4) is 0 Å². The number of hydrogen-bond donors (Lipinski definition) is 1. The molecule has 0 aliphatic carbocycles. The number of nitrogens with one attached hydrogen (secondary N) is 1. The third kappa shape index (κ3) is 7.68. The topological polar surface area (TPSA) is 79.0 Å². The van der Waals surface area contributed by atoms with Crippen LogP contribution in [0.5, 0.6) is 0 Å². The van der Waals surface area contributed by atoms with Gasteiger partial charge in [-0.25, -0.2) is 8.42 Å². The number of ether oxygens (including phenoxy) is 1. The van der Waals surface area contributed by atoms with Gasteiger partial charge in [0.2, 0.25) is 10.0 Å². The molecule has 3 aromatic rings. The minimum atomic E-state index is -3.44. The minimum Gasteiger partial charge on any atom is -0.359 e. The molecule has 1 amide bonds. The first kappa shape index (κ1) is 28.8. The van der Waals surface area contributed by atoms with Gasteiger partial charge in [0.25, 0.3) is 5.91 Å². The number of aryl methyl sites for hydroxylation is 1. The molecule has 3 aromatic carbocycles. The van der Waals surface area contributed by atoms with Gasteiger partial charge >= 0.3 is 0 Å². The average Bonchev–Trinajstić information content (AvgIpc) is 3.41. The van der Waals surface area contributed by atoms with Gasteiger partial charge in [-0.3, -0.25) is 14.0 Å². The lowest BCUT2D eigenvalue weighted by Gasteiger charge is -2.25. The summed E-state index contributed by atoms with van der Waals surface area (Å²) in [4.78, 5) is 15.7. The van der Waals surface area contributed by atoms with Crippen LogP contribution in [-0.4, -0.2) is 57.4 Å². The summed E-state index contributed by atoms with van der Waals surface area (Å²) in [6.07, 6.45) is 1.97. The van der Waals surface area contributed by atoms with Crippen molar-refractivity contribution in [3.05, 3.63) is 101 Å². The monoisotopic (exact) mass is 549 g/mol. The molecule has 1 unspecified atom stereocenters. The number of carbonyl (C=O) groups excluding carboxylic acids is 1. The van der Waals surface area contributed by atoms with Crippen LogP contribution in [-0.2, 0) is 34.1 Å². The van der Waals surface area contributed by atoms with Crippen LogP contribution in [0.15, 0.2) is 78.9 Å². The Morgan fingerprint density at radius 1 is 1.00 bits per heavy atom. The van der Waals surface area contributed by atoms with Crippen molar-refractivity contribution in [1.82, 2.24) is 10.2 Å². The zero-order valence-corrected chi connectivity index (χ0v) is 23.9. The van der Waals surface area contributed by atoms with E-state index >= 15 is 0 Å². The Kier molecular flexibility index (Phi) is 9.78. The van der Waals surface area contributed by atoms with E-state index in [1.165, 1.54) is 22.5 Å². The normalized spacial score (nSPS) is 16.6. The van der Waals surface area contributed by atoms with E-state index in [2.05, 4.69) is 53.5 Å². The highest BCUT2D eigenvalue weighted by molar-refractivity contribution is 7.92. The molecule has 208 valence electrons. The van der Waals surface area contributed by atoms with Crippen molar-refractivity contribution in [1.29, 1.82) is 0 Å². The number of hydrogen-bond acceptors (Lipinski definition) is 5. The molecule has 8 heteroatoms. The Bertz CT molecular complexity index is 1350. The van der Waals surface area contributed by atoms with E-state index in [0.717, 1.165) is 18.5 Å². The van der Waals surface area contributed by atoms with Crippen LogP contribution in [0.1, 0.15) is 47.3 Å². The second kappa shape index (κ2) is 13.2. The van der Waals surface area contributed by atoms with Gasteiger partial charge in [-0.05, 0) is 54.2 Å². The zero-order valence-electron chi connectivity index (χ0n) is 23.0. The Morgan fingerprint density at radius 2 is 1.72 bits per heavy atom. The Morgan fingerprint density at radius 3 is 2.46 bits per heavy atom. The van der Waals surface area contributed by atoms with Gasteiger partial charge < -0.3 is 10.1 Å². The summed E-state index contributed by atoms with van der Waals surface area (Å²) < 4.78 is 32.6. The third-order valence-electron chi connectivity index (χ3n) is 7.13. The van der Waals surface area contributed by atoms with Crippen molar-refractivity contribution < 1.29 is 17.9 Å². The zero-order chi connectivity index (χ0) is 27.8. The second-order valence-electron chi connectivity index (χ2n) is 10.1. The SMILES string of the molecule is CCCS(=O)(=O)N(C)c1cccc(C(=O)N[C@@H](Cc2ccccc2)C2CN(Cc3cccc(CC)c3)CO2)c1. The van der Waals surface area contributed by atoms with Crippen molar-refractivity contribution in [2.75, 3.05) is 30.4 Å². The summed E-state index contributed by atoms with van der Waals surface area (Å²) in [6.45, 7) is 5.97. The largest absolute Gasteiger partial charge is 0.359 e. The maximum atomic E-state index is 13.4. The van der Waals surface area contributed by atoms with Crippen LogP contribution in [0.2, 0.25) is 0 Å². The molecule has 39 heavy (non-hydrogen) atoms. The Labute approximate surface area is 232 Å². The molecule has 7 nitrogen and oxygen atoms in total. The summed E-state index contributed by atoms with van der Waals surface area (Å²) in [7, 11) is -1.92. The molecule has 1 saturated heterocycles.